The van der Waals surface area contributed by atoms with Gasteiger partial charge in [0.25, 0.3) is 0 Å². The van der Waals surface area contributed by atoms with Crippen molar-refractivity contribution < 1.29 is 19.1 Å². The molecule has 4 nitrogen and oxygen atoms in total. The van der Waals surface area contributed by atoms with Crippen molar-refractivity contribution in [3.8, 4) is 11.5 Å². The smallest absolute Gasteiger partial charge is 0.308 e. The van der Waals surface area contributed by atoms with Crippen molar-refractivity contribution in [1.29, 1.82) is 0 Å². The summed E-state index contributed by atoms with van der Waals surface area (Å²) in [6.07, 6.45) is 5.49. The van der Waals surface area contributed by atoms with Gasteiger partial charge in [-0.15, -0.1) is 0 Å². The van der Waals surface area contributed by atoms with Crippen LogP contribution in [0.4, 0.5) is 0 Å². The van der Waals surface area contributed by atoms with Crippen LogP contribution in [0.2, 0.25) is 0 Å². The topological polar surface area (TPSA) is 52.6 Å². The number of carbonyl (C=O) groups is 2. The van der Waals surface area contributed by atoms with Crippen molar-refractivity contribution in [1.82, 2.24) is 0 Å². The van der Waals surface area contributed by atoms with Crippen LogP contribution in [0.15, 0.2) is 41.5 Å². The molecule has 0 aliphatic heterocycles. The fourth-order valence-electron chi connectivity index (χ4n) is 4.95. The molecule has 0 fully saturated rings. The molecule has 0 amide bonds. The van der Waals surface area contributed by atoms with Crippen molar-refractivity contribution in [2.45, 2.75) is 72.6 Å². The van der Waals surface area contributed by atoms with E-state index in [0.29, 0.717) is 17.4 Å². The molecule has 0 heterocycles. The average Bonchev–Trinajstić information content (AvgIpc) is 2.73. The Morgan fingerprint density at radius 1 is 1.10 bits per heavy atom. The van der Waals surface area contributed by atoms with Crippen LogP contribution in [0.5, 0.6) is 11.5 Å². The van der Waals surface area contributed by atoms with Crippen LogP contribution in [0, 0.1) is 11.3 Å². The molecule has 1 aromatic carbocycles. The third-order valence-corrected chi connectivity index (χ3v) is 6.44. The van der Waals surface area contributed by atoms with Gasteiger partial charge in [-0.05, 0) is 61.6 Å². The summed E-state index contributed by atoms with van der Waals surface area (Å²) in [4.78, 5) is 23.3. The first-order valence-electron chi connectivity index (χ1n) is 10.5. The van der Waals surface area contributed by atoms with Crippen LogP contribution in [0.3, 0.4) is 0 Å². The molecule has 0 bridgehead atoms. The number of carbonyl (C=O) groups excluding carboxylic acids is 2. The SMILES string of the molecule is C=C1[C@H](c2cc(OC(C)=O)ccc2OC(C)=O)C2=C(CC[C@@H]1C)C(C)(C)CCC2. The molecular formula is C25H32O4. The quantitative estimate of drug-likeness (QED) is 0.351. The zero-order valence-corrected chi connectivity index (χ0v) is 18.3. The molecular weight excluding hydrogens is 364 g/mol. The summed E-state index contributed by atoms with van der Waals surface area (Å²) in [6.45, 7) is 14.2. The molecule has 0 aromatic heterocycles. The molecule has 2 aliphatic rings. The van der Waals surface area contributed by atoms with Crippen LogP contribution in [0.25, 0.3) is 0 Å². The summed E-state index contributed by atoms with van der Waals surface area (Å²) in [5, 5.41) is 0. The molecule has 2 aliphatic carbocycles. The molecule has 0 N–H and O–H groups in total. The van der Waals surface area contributed by atoms with Gasteiger partial charge in [0.1, 0.15) is 11.5 Å². The number of ether oxygens (including phenoxy) is 2. The Labute approximate surface area is 174 Å². The minimum atomic E-state index is -0.372. The van der Waals surface area contributed by atoms with E-state index in [1.165, 1.54) is 31.4 Å². The van der Waals surface area contributed by atoms with E-state index < -0.39 is 0 Å². The van der Waals surface area contributed by atoms with Gasteiger partial charge in [0, 0.05) is 25.3 Å². The maximum atomic E-state index is 11.8. The van der Waals surface area contributed by atoms with E-state index in [2.05, 4.69) is 27.4 Å². The van der Waals surface area contributed by atoms with Crippen LogP contribution >= 0.6 is 0 Å². The van der Waals surface area contributed by atoms with Crippen molar-refractivity contribution in [3.05, 3.63) is 47.1 Å². The first kappa shape index (κ1) is 21.4. The van der Waals surface area contributed by atoms with E-state index in [9.17, 15) is 9.59 Å². The number of hydrogen-bond acceptors (Lipinski definition) is 4. The highest BCUT2D eigenvalue weighted by atomic mass is 16.5. The maximum Gasteiger partial charge on any atom is 0.308 e. The molecule has 3 rings (SSSR count). The maximum absolute atomic E-state index is 11.8. The molecule has 0 unspecified atom stereocenters. The summed E-state index contributed by atoms with van der Waals surface area (Å²) >= 11 is 0. The van der Waals surface area contributed by atoms with Gasteiger partial charge in [-0.1, -0.05) is 44.1 Å². The number of rotatable bonds is 3. The van der Waals surface area contributed by atoms with Crippen molar-refractivity contribution in [2.75, 3.05) is 0 Å². The Morgan fingerprint density at radius 3 is 2.45 bits per heavy atom. The minimum absolute atomic E-state index is 0.0352. The minimum Gasteiger partial charge on any atom is -0.427 e. The first-order valence-corrected chi connectivity index (χ1v) is 10.5. The lowest BCUT2D eigenvalue weighted by atomic mass is 9.67. The van der Waals surface area contributed by atoms with Crippen molar-refractivity contribution in [3.63, 3.8) is 0 Å². The van der Waals surface area contributed by atoms with E-state index in [1.54, 1.807) is 12.1 Å². The van der Waals surface area contributed by atoms with Gasteiger partial charge >= 0.3 is 11.9 Å². The lowest BCUT2D eigenvalue weighted by molar-refractivity contribution is -0.133. The van der Waals surface area contributed by atoms with E-state index >= 15 is 0 Å². The van der Waals surface area contributed by atoms with Gasteiger partial charge in [-0.25, -0.2) is 0 Å². The number of esters is 2. The van der Waals surface area contributed by atoms with Crippen LogP contribution in [0.1, 0.15) is 78.2 Å². The molecule has 4 heteroatoms. The Bertz CT molecular complexity index is 875. The fraction of sp³-hybridized carbons (Fsp3) is 0.520. The standard InChI is InChI=1S/C25H32O4/c1-15-9-11-22-20(8-7-13-25(22,5)6)24(16(15)2)21-14-19(28-17(3)26)10-12-23(21)29-18(4)27/h10,12,14-15,24H,2,7-9,11,13H2,1,3-6H3/t15-,24-/m0/s1. The second-order valence-electron chi connectivity index (χ2n) is 9.08. The summed E-state index contributed by atoms with van der Waals surface area (Å²) in [5.41, 5.74) is 5.09. The predicted molar refractivity (Wildman–Crippen MR) is 114 cm³/mol. The summed E-state index contributed by atoms with van der Waals surface area (Å²) in [5.74, 6) is 0.560. The Hall–Kier alpha value is -2.36. The van der Waals surface area contributed by atoms with Crippen molar-refractivity contribution in [2.24, 2.45) is 11.3 Å². The molecule has 0 saturated carbocycles. The highest BCUT2D eigenvalue weighted by Gasteiger charge is 2.38. The number of hydrogen-bond donors (Lipinski definition) is 0. The molecule has 0 spiro atoms. The summed E-state index contributed by atoms with van der Waals surface area (Å²) < 4.78 is 10.9. The number of benzene rings is 1. The molecule has 29 heavy (non-hydrogen) atoms. The average molecular weight is 397 g/mol. The van der Waals surface area contributed by atoms with E-state index in [4.69, 9.17) is 9.47 Å². The lowest BCUT2D eigenvalue weighted by Crippen LogP contribution is -2.23. The first-order chi connectivity index (χ1) is 13.6. The monoisotopic (exact) mass is 396 g/mol. The second kappa shape index (κ2) is 8.17. The second-order valence-corrected chi connectivity index (χ2v) is 9.08. The Morgan fingerprint density at radius 2 is 1.79 bits per heavy atom. The van der Waals surface area contributed by atoms with E-state index in [-0.39, 0.29) is 23.3 Å². The normalized spacial score (nSPS) is 23.8. The molecule has 156 valence electrons. The van der Waals surface area contributed by atoms with Gasteiger partial charge in [0.15, 0.2) is 0 Å². The largest absolute Gasteiger partial charge is 0.427 e. The van der Waals surface area contributed by atoms with E-state index in [0.717, 1.165) is 36.8 Å². The van der Waals surface area contributed by atoms with E-state index in [1.807, 2.05) is 6.07 Å². The van der Waals surface area contributed by atoms with Gasteiger partial charge in [0.05, 0.1) is 0 Å². The van der Waals surface area contributed by atoms with Crippen LogP contribution in [-0.4, -0.2) is 11.9 Å². The Kier molecular flexibility index (Phi) is 6.02. The predicted octanol–water partition coefficient (Wildman–Crippen LogP) is 6.11. The highest BCUT2D eigenvalue weighted by Crippen LogP contribution is 2.53. The Balaban J connectivity index is 2.21. The molecule has 0 radical (unpaired) electrons. The van der Waals surface area contributed by atoms with Gasteiger partial charge < -0.3 is 9.47 Å². The number of allylic oxidation sites excluding steroid dienone is 3. The molecule has 2 atom stereocenters. The third kappa shape index (κ3) is 4.47. The van der Waals surface area contributed by atoms with Crippen LogP contribution in [-0.2, 0) is 9.59 Å². The zero-order valence-electron chi connectivity index (χ0n) is 18.3. The molecule has 0 saturated heterocycles. The van der Waals surface area contributed by atoms with Gasteiger partial charge in [-0.2, -0.15) is 0 Å². The lowest BCUT2D eigenvalue weighted by Gasteiger charge is -2.37. The zero-order chi connectivity index (χ0) is 21.3. The van der Waals surface area contributed by atoms with Gasteiger partial charge in [0.2, 0.25) is 0 Å². The molecule has 1 aromatic rings. The third-order valence-electron chi connectivity index (χ3n) is 6.44. The van der Waals surface area contributed by atoms with Crippen LogP contribution < -0.4 is 9.47 Å². The highest BCUT2D eigenvalue weighted by molar-refractivity contribution is 5.72. The van der Waals surface area contributed by atoms with Gasteiger partial charge in [-0.3, -0.25) is 9.59 Å². The van der Waals surface area contributed by atoms with Crippen molar-refractivity contribution >= 4 is 11.9 Å². The summed E-state index contributed by atoms with van der Waals surface area (Å²) in [7, 11) is 0. The fourth-order valence-corrected chi connectivity index (χ4v) is 4.95. The summed E-state index contributed by atoms with van der Waals surface area (Å²) in [6, 6.07) is 5.25.